The molecule has 3 heterocycles. The van der Waals surface area contributed by atoms with Crippen LogP contribution in [0.1, 0.15) is 5.69 Å². The van der Waals surface area contributed by atoms with E-state index in [1.54, 1.807) is 26.4 Å². The average Bonchev–Trinajstić information content (AvgIpc) is 3.26. The molecule has 0 aliphatic carbocycles. The lowest BCUT2D eigenvalue weighted by Gasteiger charge is -2.05. The summed E-state index contributed by atoms with van der Waals surface area (Å²) in [6.45, 7) is 0. The number of methoxy groups -OCH3 is 1. The molecule has 0 saturated carbocycles. The third-order valence-electron chi connectivity index (χ3n) is 3.81. The highest BCUT2D eigenvalue weighted by atomic mass is 32.2. The molecule has 1 aliphatic heterocycles. The molecule has 0 bridgehead atoms. The van der Waals surface area contributed by atoms with Crippen LogP contribution in [0.3, 0.4) is 0 Å². The number of thiazole rings is 1. The highest BCUT2D eigenvalue weighted by Gasteiger charge is 2.30. The Hall–Kier alpha value is -2.71. The molecule has 1 amide bonds. The smallest absolute Gasteiger partial charge is 0.266 e. The SMILES string of the molecule is COc1ccc2nc(/C=C3\SC(=Nc4nccs4)N(C)C3=O)ccc2c1. The lowest BCUT2D eigenvalue weighted by atomic mass is 10.2. The van der Waals surface area contributed by atoms with E-state index in [9.17, 15) is 4.79 Å². The van der Waals surface area contributed by atoms with E-state index in [0.717, 1.165) is 22.3 Å². The molecule has 3 aromatic rings. The standard InChI is InChI=1S/C18H14N4O2S2/c1-22-16(23)15(26-18(22)21-17-19-7-8-25-17)10-12-4-3-11-9-13(24-2)5-6-14(11)20-12/h3-10H,1-2H3/b15-10-,21-18?. The van der Waals surface area contributed by atoms with Gasteiger partial charge in [-0.2, -0.15) is 4.99 Å². The molecule has 0 spiro atoms. The molecule has 4 rings (SSSR count). The molecule has 0 atom stereocenters. The number of likely N-dealkylation sites (N-methyl/N-ethyl adjacent to an activating group) is 1. The van der Waals surface area contributed by atoms with E-state index < -0.39 is 0 Å². The van der Waals surface area contributed by atoms with Crippen LogP contribution in [0.15, 0.2) is 51.8 Å². The quantitative estimate of drug-likeness (QED) is 0.642. The molecular weight excluding hydrogens is 368 g/mol. The number of amides is 1. The Morgan fingerprint density at radius 2 is 2.15 bits per heavy atom. The van der Waals surface area contributed by atoms with E-state index in [0.29, 0.717) is 15.2 Å². The molecule has 1 fully saturated rings. The number of aromatic nitrogens is 2. The second kappa shape index (κ2) is 6.89. The maximum Gasteiger partial charge on any atom is 0.266 e. The van der Waals surface area contributed by atoms with E-state index in [1.807, 2.05) is 35.7 Å². The minimum absolute atomic E-state index is 0.0954. The van der Waals surface area contributed by atoms with Gasteiger partial charge < -0.3 is 4.74 Å². The van der Waals surface area contributed by atoms with Gasteiger partial charge in [-0.1, -0.05) is 6.07 Å². The fraction of sp³-hybridized carbons (Fsp3) is 0.111. The predicted molar refractivity (Wildman–Crippen MR) is 106 cm³/mol. The van der Waals surface area contributed by atoms with Crippen molar-refractivity contribution in [2.45, 2.75) is 0 Å². The first-order valence-corrected chi connectivity index (χ1v) is 9.44. The van der Waals surface area contributed by atoms with Crippen molar-refractivity contribution in [3.8, 4) is 5.75 Å². The molecule has 1 aliphatic rings. The zero-order valence-corrected chi connectivity index (χ0v) is 15.7. The summed E-state index contributed by atoms with van der Waals surface area (Å²) in [6.07, 6.45) is 3.48. The van der Waals surface area contributed by atoms with Crippen molar-refractivity contribution in [1.82, 2.24) is 14.9 Å². The van der Waals surface area contributed by atoms with E-state index in [1.165, 1.54) is 28.0 Å². The molecule has 8 heteroatoms. The van der Waals surface area contributed by atoms with Crippen molar-refractivity contribution in [3.05, 3.63) is 52.5 Å². The fourth-order valence-electron chi connectivity index (χ4n) is 2.47. The molecule has 130 valence electrons. The van der Waals surface area contributed by atoms with Gasteiger partial charge in [0.2, 0.25) is 5.13 Å². The van der Waals surface area contributed by atoms with Crippen molar-refractivity contribution >= 4 is 56.3 Å². The molecule has 0 N–H and O–H groups in total. The number of pyridine rings is 1. The first-order chi connectivity index (χ1) is 12.6. The number of fused-ring (bicyclic) bond motifs is 1. The first kappa shape index (κ1) is 16.7. The summed E-state index contributed by atoms with van der Waals surface area (Å²) in [7, 11) is 3.35. The lowest BCUT2D eigenvalue weighted by Crippen LogP contribution is -2.23. The molecular formula is C18H14N4O2S2. The summed E-state index contributed by atoms with van der Waals surface area (Å²) in [5, 5.41) is 4.08. The molecule has 26 heavy (non-hydrogen) atoms. The largest absolute Gasteiger partial charge is 0.497 e. The molecule has 6 nitrogen and oxygen atoms in total. The number of rotatable bonds is 3. The van der Waals surface area contributed by atoms with Crippen LogP contribution in [0.5, 0.6) is 5.75 Å². The van der Waals surface area contributed by atoms with Crippen LogP contribution in [0.25, 0.3) is 17.0 Å². The van der Waals surface area contributed by atoms with Crippen molar-refractivity contribution in [2.24, 2.45) is 4.99 Å². The topological polar surface area (TPSA) is 67.7 Å². The van der Waals surface area contributed by atoms with Crippen LogP contribution < -0.4 is 4.74 Å². The van der Waals surface area contributed by atoms with Crippen LogP contribution in [-0.4, -0.2) is 40.1 Å². The van der Waals surface area contributed by atoms with Crippen molar-refractivity contribution in [1.29, 1.82) is 0 Å². The van der Waals surface area contributed by atoms with E-state index >= 15 is 0 Å². The number of aliphatic imine (C=N–C) groups is 1. The lowest BCUT2D eigenvalue weighted by molar-refractivity contribution is -0.121. The van der Waals surface area contributed by atoms with Crippen LogP contribution in [-0.2, 0) is 4.79 Å². The molecule has 1 saturated heterocycles. The number of benzene rings is 1. The van der Waals surface area contributed by atoms with Crippen molar-refractivity contribution < 1.29 is 9.53 Å². The number of ether oxygens (including phenoxy) is 1. The number of hydrogen-bond acceptors (Lipinski definition) is 7. The second-order valence-corrected chi connectivity index (χ2v) is 7.36. The summed E-state index contributed by atoms with van der Waals surface area (Å²) >= 11 is 2.76. The van der Waals surface area contributed by atoms with Gasteiger partial charge in [-0.05, 0) is 42.1 Å². The Balaban J connectivity index is 1.65. The van der Waals surface area contributed by atoms with Gasteiger partial charge in [0.1, 0.15) is 5.75 Å². The number of amidine groups is 1. The number of carbonyl (C=O) groups is 1. The molecule has 0 radical (unpaired) electrons. The minimum atomic E-state index is -0.0954. The van der Waals surface area contributed by atoms with Gasteiger partial charge in [0.05, 0.1) is 23.2 Å². The molecule has 1 aromatic carbocycles. The summed E-state index contributed by atoms with van der Waals surface area (Å²) in [4.78, 5) is 27.8. The van der Waals surface area contributed by atoms with E-state index in [2.05, 4.69) is 15.0 Å². The first-order valence-electron chi connectivity index (χ1n) is 7.74. The van der Waals surface area contributed by atoms with E-state index in [4.69, 9.17) is 4.74 Å². The average molecular weight is 382 g/mol. The third-order valence-corrected chi connectivity index (χ3v) is 5.54. The third kappa shape index (κ3) is 3.21. The van der Waals surface area contributed by atoms with Gasteiger partial charge in [0, 0.05) is 24.0 Å². The normalized spacial score (nSPS) is 17.6. The Morgan fingerprint density at radius 1 is 1.27 bits per heavy atom. The fourth-order valence-corrected chi connectivity index (χ4v) is 3.98. The van der Waals surface area contributed by atoms with E-state index in [-0.39, 0.29) is 5.91 Å². The van der Waals surface area contributed by atoms with Gasteiger partial charge in [-0.25, -0.2) is 9.97 Å². The second-order valence-electron chi connectivity index (χ2n) is 5.48. The van der Waals surface area contributed by atoms with Crippen molar-refractivity contribution in [2.75, 3.05) is 14.2 Å². The number of hydrogen-bond donors (Lipinski definition) is 0. The number of thioether (sulfide) groups is 1. The van der Waals surface area contributed by atoms with Gasteiger partial charge in [-0.15, -0.1) is 11.3 Å². The number of carbonyl (C=O) groups excluding carboxylic acids is 1. The van der Waals surface area contributed by atoms with Gasteiger partial charge in [0.25, 0.3) is 5.91 Å². The maximum atomic E-state index is 12.5. The van der Waals surface area contributed by atoms with Gasteiger partial charge in [-0.3, -0.25) is 9.69 Å². The van der Waals surface area contributed by atoms with Crippen LogP contribution in [0, 0.1) is 0 Å². The highest BCUT2D eigenvalue weighted by molar-refractivity contribution is 8.18. The van der Waals surface area contributed by atoms with Crippen molar-refractivity contribution in [3.63, 3.8) is 0 Å². The Labute approximate surface area is 158 Å². The molecule has 0 unspecified atom stereocenters. The summed E-state index contributed by atoms with van der Waals surface area (Å²) in [5.74, 6) is 0.693. The van der Waals surface area contributed by atoms with Crippen LogP contribution in [0.2, 0.25) is 0 Å². The van der Waals surface area contributed by atoms with Crippen LogP contribution in [0.4, 0.5) is 5.13 Å². The Bertz CT molecular complexity index is 1040. The summed E-state index contributed by atoms with van der Waals surface area (Å²) in [6, 6.07) is 9.56. The molecule has 2 aromatic heterocycles. The number of nitrogens with zero attached hydrogens (tertiary/aromatic N) is 4. The highest BCUT2D eigenvalue weighted by Crippen LogP contribution is 2.33. The Morgan fingerprint density at radius 3 is 2.92 bits per heavy atom. The zero-order valence-electron chi connectivity index (χ0n) is 14.0. The van der Waals surface area contributed by atoms with Gasteiger partial charge in [0.15, 0.2) is 5.17 Å². The Kier molecular flexibility index (Phi) is 4.44. The summed E-state index contributed by atoms with van der Waals surface area (Å²) < 4.78 is 5.23. The van der Waals surface area contributed by atoms with Crippen LogP contribution >= 0.6 is 23.1 Å². The van der Waals surface area contributed by atoms with Gasteiger partial charge >= 0.3 is 0 Å². The summed E-state index contributed by atoms with van der Waals surface area (Å²) in [5.41, 5.74) is 1.57. The minimum Gasteiger partial charge on any atom is -0.497 e. The predicted octanol–water partition coefficient (Wildman–Crippen LogP) is 3.93. The zero-order chi connectivity index (χ0) is 18.1. The monoisotopic (exact) mass is 382 g/mol. The maximum absolute atomic E-state index is 12.5.